The van der Waals surface area contributed by atoms with Crippen molar-refractivity contribution in [2.75, 3.05) is 0 Å². The molecule has 0 aliphatic rings. The van der Waals surface area contributed by atoms with Crippen LogP contribution in [-0.4, -0.2) is 0 Å². The highest BCUT2D eigenvalue weighted by Crippen LogP contribution is 2.37. The minimum atomic E-state index is 1.11. The molecule has 4 aromatic rings. The van der Waals surface area contributed by atoms with E-state index in [1.165, 1.54) is 31.7 Å². The first kappa shape index (κ1) is 13.7. The molecule has 1 aromatic heterocycles. The van der Waals surface area contributed by atoms with Gasteiger partial charge in [0.05, 0.1) is 0 Å². The predicted octanol–water partition coefficient (Wildman–Crippen LogP) is 7.00. The van der Waals surface area contributed by atoms with Gasteiger partial charge in [0.2, 0.25) is 0 Å². The fourth-order valence-corrected chi connectivity index (χ4v) is 4.01. The Morgan fingerprint density at radius 1 is 0.636 bits per heavy atom. The minimum Gasteiger partial charge on any atom is -0.135 e. The Balaban J connectivity index is 1.82. The van der Waals surface area contributed by atoms with E-state index in [1.54, 1.807) is 0 Å². The van der Waals surface area contributed by atoms with E-state index in [0.29, 0.717) is 0 Å². The maximum absolute atomic E-state index is 3.49. The number of halogens is 1. The Morgan fingerprint density at radius 3 is 2.23 bits per heavy atom. The van der Waals surface area contributed by atoms with Crippen molar-refractivity contribution >= 4 is 38.0 Å². The summed E-state index contributed by atoms with van der Waals surface area (Å²) < 4.78 is 1.11. The normalized spacial score (nSPS) is 11.0. The standard InChI is InChI=1S/C20H13BrS/c21-16-10-8-15(9-11-16)19-12-13-20(22-19)18-7-3-5-14-4-1-2-6-17(14)18/h1-13H. The van der Waals surface area contributed by atoms with Gasteiger partial charge in [-0.3, -0.25) is 0 Å². The second-order valence-corrected chi connectivity index (χ2v) is 7.20. The van der Waals surface area contributed by atoms with E-state index in [4.69, 9.17) is 0 Å². The number of thiophene rings is 1. The van der Waals surface area contributed by atoms with Gasteiger partial charge in [-0.05, 0) is 46.2 Å². The summed E-state index contributed by atoms with van der Waals surface area (Å²) >= 11 is 5.33. The number of benzene rings is 3. The molecule has 0 saturated carbocycles. The zero-order valence-corrected chi connectivity index (χ0v) is 14.2. The minimum absolute atomic E-state index is 1.11. The molecule has 4 rings (SSSR count). The molecule has 0 fully saturated rings. The van der Waals surface area contributed by atoms with Crippen molar-refractivity contribution in [3.8, 4) is 20.9 Å². The van der Waals surface area contributed by atoms with Gasteiger partial charge in [-0.2, -0.15) is 0 Å². The Labute approximate surface area is 142 Å². The summed E-state index contributed by atoms with van der Waals surface area (Å²) in [6, 6.07) is 28.0. The summed E-state index contributed by atoms with van der Waals surface area (Å²) in [5.74, 6) is 0. The van der Waals surface area contributed by atoms with Crippen LogP contribution in [0.15, 0.2) is 83.3 Å². The summed E-state index contributed by atoms with van der Waals surface area (Å²) in [5, 5.41) is 2.60. The zero-order valence-electron chi connectivity index (χ0n) is 11.8. The van der Waals surface area contributed by atoms with E-state index < -0.39 is 0 Å². The highest BCUT2D eigenvalue weighted by Gasteiger charge is 2.07. The molecule has 0 atom stereocenters. The highest BCUT2D eigenvalue weighted by atomic mass is 79.9. The zero-order chi connectivity index (χ0) is 14.9. The van der Waals surface area contributed by atoms with Gasteiger partial charge < -0.3 is 0 Å². The first-order chi connectivity index (χ1) is 10.8. The van der Waals surface area contributed by atoms with Crippen LogP contribution < -0.4 is 0 Å². The molecule has 0 spiro atoms. The fraction of sp³-hybridized carbons (Fsp3) is 0. The lowest BCUT2D eigenvalue weighted by molar-refractivity contribution is 1.65. The quantitative estimate of drug-likeness (QED) is 0.359. The van der Waals surface area contributed by atoms with Gasteiger partial charge in [0, 0.05) is 14.2 Å². The summed E-state index contributed by atoms with van der Waals surface area (Å²) in [6.45, 7) is 0. The van der Waals surface area contributed by atoms with E-state index in [0.717, 1.165) is 4.47 Å². The number of rotatable bonds is 2. The second-order valence-electron chi connectivity index (χ2n) is 5.20. The average molecular weight is 365 g/mol. The fourth-order valence-electron chi connectivity index (χ4n) is 2.69. The molecule has 0 saturated heterocycles. The number of fused-ring (bicyclic) bond motifs is 1. The lowest BCUT2D eigenvalue weighted by Crippen LogP contribution is -1.76. The second kappa shape index (κ2) is 5.71. The molecule has 0 aliphatic carbocycles. The molecular formula is C20H13BrS. The van der Waals surface area contributed by atoms with Gasteiger partial charge >= 0.3 is 0 Å². The number of hydrogen-bond donors (Lipinski definition) is 0. The van der Waals surface area contributed by atoms with Crippen LogP contribution in [0.2, 0.25) is 0 Å². The largest absolute Gasteiger partial charge is 0.135 e. The molecular weight excluding hydrogens is 352 g/mol. The van der Waals surface area contributed by atoms with Crippen LogP contribution in [-0.2, 0) is 0 Å². The van der Waals surface area contributed by atoms with Gasteiger partial charge in [-0.1, -0.05) is 70.5 Å². The maximum atomic E-state index is 3.49. The van der Waals surface area contributed by atoms with Crippen molar-refractivity contribution in [2.45, 2.75) is 0 Å². The molecule has 0 aliphatic heterocycles. The lowest BCUT2D eigenvalue weighted by Gasteiger charge is -2.04. The third-order valence-corrected chi connectivity index (χ3v) is 5.49. The highest BCUT2D eigenvalue weighted by molar-refractivity contribution is 9.10. The van der Waals surface area contributed by atoms with E-state index in [1.807, 2.05) is 11.3 Å². The Morgan fingerprint density at radius 2 is 1.36 bits per heavy atom. The van der Waals surface area contributed by atoms with Crippen molar-refractivity contribution in [1.82, 2.24) is 0 Å². The topological polar surface area (TPSA) is 0 Å². The van der Waals surface area contributed by atoms with Crippen LogP contribution in [0.25, 0.3) is 31.7 Å². The molecule has 106 valence electrons. The molecule has 0 unspecified atom stereocenters. The number of hydrogen-bond acceptors (Lipinski definition) is 1. The van der Waals surface area contributed by atoms with Crippen molar-refractivity contribution in [2.24, 2.45) is 0 Å². The van der Waals surface area contributed by atoms with E-state index in [2.05, 4.69) is 94.8 Å². The SMILES string of the molecule is Brc1ccc(-c2ccc(-c3cccc4ccccc34)s2)cc1. The smallest absolute Gasteiger partial charge is 0.0355 e. The van der Waals surface area contributed by atoms with Crippen LogP contribution in [0.4, 0.5) is 0 Å². The summed E-state index contributed by atoms with van der Waals surface area (Å²) in [6.07, 6.45) is 0. The molecule has 0 amide bonds. The Bertz CT molecular complexity index is 930. The van der Waals surface area contributed by atoms with Crippen LogP contribution in [0, 0.1) is 0 Å². The summed E-state index contributed by atoms with van der Waals surface area (Å²) in [5.41, 5.74) is 2.58. The van der Waals surface area contributed by atoms with Gasteiger partial charge in [-0.25, -0.2) is 0 Å². The third-order valence-electron chi connectivity index (χ3n) is 3.79. The molecule has 0 radical (unpaired) electrons. The van der Waals surface area contributed by atoms with Crippen LogP contribution in [0.5, 0.6) is 0 Å². The third kappa shape index (κ3) is 2.49. The summed E-state index contributed by atoms with van der Waals surface area (Å²) in [7, 11) is 0. The maximum Gasteiger partial charge on any atom is 0.0355 e. The van der Waals surface area contributed by atoms with Crippen molar-refractivity contribution in [3.63, 3.8) is 0 Å². The molecule has 2 heteroatoms. The van der Waals surface area contributed by atoms with E-state index in [-0.39, 0.29) is 0 Å². The summed E-state index contributed by atoms with van der Waals surface area (Å²) in [4.78, 5) is 2.62. The van der Waals surface area contributed by atoms with Crippen LogP contribution in [0.1, 0.15) is 0 Å². The predicted molar refractivity (Wildman–Crippen MR) is 100 cm³/mol. The Hall–Kier alpha value is -1.90. The van der Waals surface area contributed by atoms with Gasteiger partial charge in [0.25, 0.3) is 0 Å². The average Bonchev–Trinajstić information content (AvgIpc) is 3.05. The van der Waals surface area contributed by atoms with Gasteiger partial charge in [-0.15, -0.1) is 11.3 Å². The molecule has 3 aromatic carbocycles. The van der Waals surface area contributed by atoms with Gasteiger partial charge in [0.15, 0.2) is 0 Å². The van der Waals surface area contributed by atoms with Crippen LogP contribution >= 0.6 is 27.3 Å². The first-order valence-corrected chi connectivity index (χ1v) is 8.76. The molecule has 0 nitrogen and oxygen atoms in total. The van der Waals surface area contributed by atoms with E-state index >= 15 is 0 Å². The van der Waals surface area contributed by atoms with Crippen molar-refractivity contribution in [1.29, 1.82) is 0 Å². The Kier molecular flexibility index (Phi) is 3.57. The molecule has 0 bridgehead atoms. The molecule has 22 heavy (non-hydrogen) atoms. The monoisotopic (exact) mass is 364 g/mol. The molecule has 1 heterocycles. The van der Waals surface area contributed by atoms with Gasteiger partial charge in [0.1, 0.15) is 0 Å². The van der Waals surface area contributed by atoms with Crippen molar-refractivity contribution in [3.05, 3.63) is 83.3 Å². The van der Waals surface area contributed by atoms with Crippen LogP contribution in [0.3, 0.4) is 0 Å². The molecule has 0 N–H and O–H groups in total. The van der Waals surface area contributed by atoms with E-state index in [9.17, 15) is 0 Å². The van der Waals surface area contributed by atoms with Crippen molar-refractivity contribution < 1.29 is 0 Å². The first-order valence-electron chi connectivity index (χ1n) is 7.15. The lowest BCUT2D eigenvalue weighted by atomic mass is 10.0.